The van der Waals surface area contributed by atoms with Gasteiger partial charge in [0.25, 0.3) is 0 Å². The number of thioether (sulfide) groups is 1. The standard InChI is InChI=1S/C23H28ClFN2OS/c1-16-5-4-12-27(13-16)19-10-8-18(9-11-19)17(2)26-23(28)15-29-14-20-21(24)6-3-7-22(20)25/h3,6-11,16-17H,4-5,12-15H2,1-2H3,(H,26,28)/t16-,17-/m1/s1. The Hall–Kier alpha value is -1.72. The average molecular weight is 435 g/mol. The van der Waals surface area contributed by atoms with Crippen LogP contribution in [0.5, 0.6) is 0 Å². The fourth-order valence-electron chi connectivity index (χ4n) is 3.68. The van der Waals surface area contributed by atoms with E-state index < -0.39 is 0 Å². The van der Waals surface area contributed by atoms with Crippen molar-refractivity contribution in [2.45, 2.75) is 38.5 Å². The van der Waals surface area contributed by atoms with Crippen molar-refractivity contribution in [3.63, 3.8) is 0 Å². The van der Waals surface area contributed by atoms with Crippen LogP contribution in [0.25, 0.3) is 0 Å². The smallest absolute Gasteiger partial charge is 0.230 e. The molecule has 1 N–H and O–H groups in total. The predicted molar refractivity (Wildman–Crippen MR) is 121 cm³/mol. The quantitative estimate of drug-likeness (QED) is 0.595. The van der Waals surface area contributed by atoms with Crippen molar-refractivity contribution in [1.82, 2.24) is 5.32 Å². The molecular weight excluding hydrogens is 407 g/mol. The highest BCUT2D eigenvalue weighted by atomic mass is 35.5. The predicted octanol–water partition coefficient (Wildman–Crippen LogP) is 5.83. The van der Waals surface area contributed by atoms with Crippen LogP contribution in [-0.4, -0.2) is 24.7 Å². The molecule has 0 spiro atoms. The molecule has 1 amide bonds. The minimum atomic E-state index is -0.332. The maximum Gasteiger partial charge on any atom is 0.230 e. The monoisotopic (exact) mass is 434 g/mol. The number of carbonyl (C=O) groups is 1. The summed E-state index contributed by atoms with van der Waals surface area (Å²) in [6.07, 6.45) is 2.55. The Bertz CT molecular complexity index is 810. The van der Waals surface area contributed by atoms with Gasteiger partial charge in [0.15, 0.2) is 0 Å². The van der Waals surface area contributed by atoms with E-state index in [0.717, 1.165) is 24.6 Å². The van der Waals surface area contributed by atoms with E-state index in [-0.39, 0.29) is 23.5 Å². The van der Waals surface area contributed by atoms with E-state index in [1.54, 1.807) is 12.1 Å². The van der Waals surface area contributed by atoms with Gasteiger partial charge in [0.2, 0.25) is 5.91 Å². The van der Waals surface area contributed by atoms with E-state index in [4.69, 9.17) is 11.6 Å². The molecule has 2 aromatic carbocycles. The Morgan fingerprint density at radius 3 is 2.76 bits per heavy atom. The summed E-state index contributed by atoms with van der Waals surface area (Å²) < 4.78 is 13.8. The van der Waals surface area contributed by atoms with E-state index in [1.807, 2.05) is 6.92 Å². The highest BCUT2D eigenvalue weighted by Crippen LogP contribution is 2.26. The lowest BCUT2D eigenvalue weighted by atomic mass is 9.99. The number of nitrogens with zero attached hydrogens (tertiary/aromatic N) is 1. The molecule has 0 unspecified atom stereocenters. The number of hydrogen-bond acceptors (Lipinski definition) is 3. The van der Waals surface area contributed by atoms with Gasteiger partial charge in [-0.15, -0.1) is 11.8 Å². The largest absolute Gasteiger partial charge is 0.371 e. The summed E-state index contributed by atoms with van der Waals surface area (Å²) in [6, 6.07) is 13.0. The summed E-state index contributed by atoms with van der Waals surface area (Å²) in [4.78, 5) is 14.7. The third kappa shape index (κ3) is 6.13. The summed E-state index contributed by atoms with van der Waals surface area (Å²) in [5.41, 5.74) is 2.77. The van der Waals surface area contributed by atoms with Gasteiger partial charge in [-0.3, -0.25) is 4.79 Å². The van der Waals surface area contributed by atoms with Gasteiger partial charge in [-0.05, 0) is 55.5 Å². The van der Waals surface area contributed by atoms with Gasteiger partial charge >= 0.3 is 0 Å². The van der Waals surface area contributed by atoms with E-state index >= 15 is 0 Å². The van der Waals surface area contributed by atoms with Crippen LogP contribution in [-0.2, 0) is 10.5 Å². The number of halogens is 2. The summed E-state index contributed by atoms with van der Waals surface area (Å²) >= 11 is 7.39. The first-order chi connectivity index (χ1) is 13.9. The van der Waals surface area contributed by atoms with Gasteiger partial charge in [-0.25, -0.2) is 4.39 Å². The van der Waals surface area contributed by atoms with E-state index in [0.29, 0.717) is 16.3 Å². The average Bonchev–Trinajstić information content (AvgIpc) is 2.70. The molecule has 1 heterocycles. The number of benzene rings is 2. The van der Waals surface area contributed by atoms with Gasteiger partial charge in [0, 0.05) is 35.1 Å². The zero-order chi connectivity index (χ0) is 20.8. The van der Waals surface area contributed by atoms with Crippen molar-refractivity contribution in [1.29, 1.82) is 0 Å². The topological polar surface area (TPSA) is 32.3 Å². The second kappa shape index (κ2) is 10.4. The van der Waals surface area contributed by atoms with Gasteiger partial charge in [0.1, 0.15) is 5.82 Å². The highest BCUT2D eigenvalue weighted by Gasteiger charge is 2.17. The van der Waals surface area contributed by atoms with Crippen molar-refractivity contribution in [3.05, 3.63) is 64.4 Å². The Morgan fingerprint density at radius 2 is 2.07 bits per heavy atom. The van der Waals surface area contributed by atoms with Crippen LogP contribution in [0.2, 0.25) is 5.02 Å². The lowest BCUT2D eigenvalue weighted by Crippen LogP contribution is -2.34. The first-order valence-corrected chi connectivity index (χ1v) is 11.6. The molecule has 2 atom stereocenters. The van der Waals surface area contributed by atoms with Crippen LogP contribution < -0.4 is 10.2 Å². The van der Waals surface area contributed by atoms with Gasteiger partial charge < -0.3 is 10.2 Å². The fraction of sp³-hybridized carbons (Fsp3) is 0.435. The number of anilines is 1. The van der Waals surface area contributed by atoms with Crippen LogP contribution in [0.15, 0.2) is 42.5 Å². The lowest BCUT2D eigenvalue weighted by molar-refractivity contribution is -0.119. The molecule has 3 nitrogen and oxygen atoms in total. The van der Waals surface area contributed by atoms with Crippen LogP contribution in [0.3, 0.4) is 0 Å². The number of amides is 1. The first kappa shape index (κ1) is 22.0. The minimum absolute atomic E-state index is 0.0658. The molecule has 0 bridgehead atoms. The van der Waals surface area contributed by atoms with Crippen LogP contribution >= 0.6 is 23.4 Å². The molecule has 3 rings (SSSR count). The van der Waals surface area contributed by atoms with Crippen molar-refractivity contribution in [3.8, 4) is 0 Å². The zero-order valence-electron chi connectivity index (χ0n) is 17.0. The molecule has 0 aromatic heterocycles. The second-order valence-corrected chi connectivity index (χ2v) is 9.16. The maximum absolute atomic E-state index is 13.8. The summed E-state index contributed by atoms with van der Waals surface area (Å²) in [5.74, 6) is 0.971. The number of nitrogens with one attached hydrogen (secondary N) is 1. The molecule has 29 heavy (non-hydrogen) atoms. The van der Waals surface area contributed by atoms with E-state index in [9.17, 15) is 9.18 Å². The van der Waals surface area contributed by atoms with Crippen molar-refractivity contribution >= 4 is 35.0 Å². The van der Waals surface area contributed by atoms with Crippen molar-refractivity contribution in [2.24, 2.45) is 5.92 Å². The Balaban J connectivity index is 1.48. The van der Waals surface area contributed by atoms with Gasteiger partial charge in [-0.2, -0.15) is 0 Å². The second-order valence-electron chi connectivity index (χ2n) is 7.77. The molecule has 1 saturated heterocycles. The highest BCUT2D eigenvalue weighted by molar-refractivity contribution is 7.99. The van der Waals surface area contributed by atoms with Gasteiger partial charge in [-0.1, -0.05) is 36.7 Å². The zero-order valence-corrected chi connectivity index (χ0v) is 18.5. The summed E-state index contributed by atoms with van der Waals surface area (Å²) in [6.45, 7) is 6.50. The molecule has 0 saturated carbocycles. The summed E-state index contributed by atoms with van der Waals surface area (Å²) in [7, 11) is 0. The minimum Gasteiger partial charge on any atom is -0.371 e. The molecular formula is C23H28ClFN2OS. The Kier molecular flexibility index (Phi) is 7.84. The number of rotatable bonds is 7. The molecule has 0 aliphatic carbocycles. The number of hydrogen-bond donors (Lipinski definition) is 1. The van der Waals surface area contributed by atoms with Crippen molar-refractivity contribution in [2.75, 3.05) is 23.7 Å². The van der Waals surface area contributed by atoms with Crippen LogP contribution in [0, 0.1) is 11.7 Å². The third-order valence-corrected chi connectivity index (χ3v) is 6.65. The normalized spacial score (nSPS) is 17.8. The number of carbonyl (C=O) groups excluding carboxylic acids is 1. The lowest BCUT2D eigenvalue weighted by Gasteiger charge is -2.33. The van der Waals surface area contributed by atoms with Gasteiger partial charge in [0.05, 0.1) is 11.8 Å². The molecule has 156 valence electrons. The van der Waals surface area contributed by atoms with Crippen LogP contribution in [0.1, 0.15) is 43.9 Å². The van der Waals surface area contributed by atoms with Crippen molar-refractivity contribution < 1.29 is 9.18 Å². The molecule has 1 fully saturated rings. The van der Waals surface area contributed by atoms with Crippen LogP contribution in [0.4, 0.5) is 10.1 Å². The first-order valence-electron chi connectivity index (χ1n) is 10.1. The molecule has 2 aromatic rings. The third-order valence-electron chi connectivity index (χ3n) is 5.33. The maximum atomic E-state index is 13.8. The molecule has 1 aliphatic heterocycles. The fourth-order valence-corrected chi connectivity index (χ4v) is 4.86. The SMILES string of the molecule is C[C@@H]1CCCN(c2ccc([C@@H](C)NC(=O)CSCc3c(F)cccc3Cl)cc2)C1. The Labute approximate surface area is 182 Å². The summed E-state index contributed by atoms with van der Waals surface area (Å²) in [5, 5.41) is 3.42. The molecule has 1 aliphatic rings. The molecule has 0 radical (unpaired) electrons. The Morgan fingerprint density at radius 1 is 1.31 bits per heavy atom. The van der Waals surface area contributed by atoms with E-state index in [2.05, 4.69) is 41.4 Å². The van der Waals surface area contributed by atoms with E-state index in [1.165, 1.54) is 36.4 Å². The number of piperidine rings is 1. The molecule has 6 heteroatoms.